The van der Waals surface area contributed by atoms with Gasteiger partial charge in [0.1, 0.15) is 5.75 Å². The summed E-state index contributed by atoms with van der Waals surface area (Å²) in [6, 6.07) is 13.6. The van der Waals surface area contributed by atoms with Crippen molar-refractivity contribution in [2.75, 3.05) is 6.61 Å². The molecule has 1 atom stereocenters. The zero-order valence-electron chi connectivity index (χ0n) is 15.2. The number of aryl methyl sites for hydroxylation is 2. The summed E-state index contributed by atoms with van der Waals surface area (Å²) < 4.78 is 5.65. The molecule has 1 N–H and O–H groups in total. The first kappa shape index (κ1) is 18.1. The van der Waals surface area contributed by atoms with Crippen molar-refractivity contribution in [1.29, 1.82) is 0 Å². The molecule has 3 nitrogen and oxygen atoms in total. The Hall–Kier alpha value is -2.29. The van der Waals surface area contributed by atoms with Crippen molar-refractivity contribution in [2.24, 2.45) is 5.92 Å². The van der Waals surface area contributed by atoms with Crippen molar-refractivity contribution < 1.29 is 9.53 Å². The summed E-state index contributed by atoms with van der Waals surface area (Å²) in [5.74, 6) is 1.20. The third-order valence-corrected chi connectivity index (χ3v) is 3.95. The van der Waals surface area contributed by atoms with E-state index in [2.05, 4.69) is 51.2 Å². The fraction of sp³-hybridized carbons (Fsp3) is 0.381. The number of amides is 1. The van der Waals surface area contributed by atoms with Gasteiger partial charge in [-0.2, -0.15) is 0 Å². The molecule has 0 bridgehead atoms. The Labute approximate surface area is 145 Å². The van der Waals surface area contributed by atoms with Gasteiger partial charge >= 0.3 is 0 Å². The normalized spacial score (nSPS) is 12.1. The highest BCUT2D eigenvalue weighted by Crippen LogP contribution is 2.20. The predicted octanol–water partition coefficient (Wildman–Crippen LogP) is 4.83. The largest absolute Gasteiger partial charge is 0.493 e. The Bertz CT molecular complexity index is 689. The van der Waals surface area contributed by atoms with Gasteiger partial charge in [-0.15, -0.1) is 0 Å². The summed E-state index contributed by atoms with van der Waals surface area (Å²) in [6.07, 6.45) is 0. The number of hydrogen-bond acceptors (Lipinski definition) is 2. The molecule has 0 spiro atoms. The van der Waals surface area contributed by atoms with Crippen molar-refractivity contribution in [3.63, 3.8) is 0 Å². The molecule has 0 radical (unpaired) electrons. The number of ether oxygens (including phenoxy) is 1. The lowest BCUT2D eigenvalue weighted by Crippen LogP contribution is -2.27. The van der Waals surface area contributed by atoms with E-state index in [0.717, 1.165) is 11.3 Å². The number of carbonyl (C=O) groups excluding carboxylic acids is 1. The third-order valence-electron chi connectivity index (χ3n) is 3.95. The second-order valence-electron chi connectivity index (χ2n) is 6.78. The van der Waals surface area contributed by atoms with Crippen molar-refractivity contribution in [1.82, 2.24) is 5.32 Å². The summed E-state index contributed by atoms with van der Waals surface area (Å²) in [5, 5.41) is 3.07. The Balaban J connectivity index is 2.02. The summed E-state index contributed by atoms with van der Waals surface area (Å²) in [4.78, 5) is 12.5. The molecule has 0 fully saturated rings. The molecule has 2 aromatic carbocycles. The van der Waals surface area contributed by atoms with E-state index in [9.17, 15) is 4.79 Å². The van der Waals surface area contributed by atoms with E-state index in [4.69, 9.17) is 4.74 Å². The number of benzene rings is 2. The van der Waals surface area contributed by atoms with Crippen LogP contribution in [-0.4, -0.2) is 12.5 Å². The molecule has 128 valence electrons. The van der Waals surface area contributed by atoms with E-state index in [0.29, 0.717) is 18.1 Å². The average Bonchev–Trinajstić information content (AvgIpc) is 2.55. The van der Waals surface area contributed by atoms with Gasteiger partial charge in [0, 0.05) is 5.56 Å². The molecule has 2 rings (SSSR count). The van der Waals surface area contributed by atoms with Crippen LogP contribution in [-0.2, 0) is 0 Å². The molecular weight excluding hydrogens is 298 g/mol. The summed E-state index contributed by atoms with van der Waals surface area (Å²) >= 11 is 0. The number of hydrogen-bond donors (Lipinski definition) is 1. The van der Waals surface area contributed by atoms with Crippen LogP contribution in [0.5, 0.6) is 5.75 Å². The molecule has 0 saturated carbocycles. The van der Waals surface area contributed by atoms with Gasteiger partial charge < -0.3 is 10.1 Å². The van der Waals surface area contributed by atoms with Crippen LogP contribution >= 0.6 is 0 Å². The molecule has 1 amide bonds. The zero-order chi connectivity index (χ0) is 17.7. The van der Waals surface area contributed by atoms with E-state index >= 15 is 0 Å². The molecule has 3 heteroatoms. The molecule has 2 aromatic rings. The quantitative estimate of drug-likeness (QED) is 0.826. The molecule has 0 aliphatic carbocycles. The third kappa shape index (κ3) is 4.85. The van der Waals surface area contributed by atoms with Gasteiger partial charge in [-0.3, -0.25) is 4.79 Å². The second-order valence-corrected chi connectivity index (χ2v) is 6.78. The Morgan fingerprint density at radius 3 is 2.33 bits per heavy atom. The SMILES string of the molecule is Cc1ccc(C)c([C@H](C)NC(=O)c2ccc(OCC(C)C)cc2)c1. The maximum Gasteiger partial charge on any atom is 0.251 e. The van der Waals surface area contributed by atoms with Gasteiger partial charge in [-0.25, -0.2) is 0 Å². The van der Waals surface area contributed by atoms with Crippen LogP contribution in [0.15, 0.2) is 42.5 Å². The first-order chi connectivity index (χ1) is 11.4. The monoisotopic (exact) mass is 325 g/mol. The van der Waals surface area contributed by atoms with Gasteiger partial charge in [0.15, 0.2) is 0 Å². The predicted molar refractivity (Wildman–Crippen MR) is 98.6 cm³/mol. The van der Waals surface area contributed by atoms with Crippen LogP contribution in [0.25, 0.3) is 0 Å². The molecule has 0 aliphatic rings. The maximum absolute atomic E-state index is 12.5. The minimum absolute atomic E-state index is 0.0331. The minimum atomic E-state index is -0.0705. The van der Waals surface area contributed by atoms with E-state index < -0.39 is 0 Å². The minimum Gasteiger partial charge on any atom is -0.493 e. The molecule has 0 aromatic heterocycles. The molecule has 0 unspecified atom stereocenters. The van der Waals surface area contributed by atoms with Crippen LogP contribution in [0, 0.1) is 19.8 Å². The van der Waals surface area contributed by atoms with Gasteiger partial charge in [-0.1, -0.05) is 37.6 Å². The van der Waals surface area contributed by atoms with Gasteiger partial charge in [0.05, 0.1) is 12.6 Å². The standard InChI is InChI=1S/C21H27NO2/c1-14(2)13-24-19-10-8-18(9-11-19)21(23)22-17(5)20-12-15(3)6-7-16(20)4/h6-12,14,17H,13H2,1-5H3,(H,22,23)/t17-/m0/s1. The molecule has 0 saturated heterocycles. The lowest BCUT2D eigenvalue weighted by molar-refractivity contribution is 0.0939. The topological polar surface area (TPSA) is 38.3 Å². The summed E-state index contributed by atoms with van der Waals surface area (Å²) in [7, 11) is 0. The van der Waals surface area contributed by atoms with E-state index in [1.165, 1.54) is 11.1 Å². The fourth-order valence-electron chi connectivity index (χ4n) is 2.55. The lowest BCUT2D eigenvalue weighted by atomic mass is 10.00. The summed E-state index contributed by atoms with van der Waals surface area (Å²) in [6.45, 7) is 11.0. The molecular formula is C21H27NO2. The van der Waals surface area contributed by atoms with Crippen LogP contribution in [0.4, 0.5) is 0 Å². The lowest BCUT2D eigenvalue weighted by Gasteiger charge is -2.17. The highest BCUT2D eigenvalue weighted by Gasteiger charge is 2.13. The van der Waals surface area contributed by atoms with Gasteiger partial charge in [0.2, 0.25) is 0 Å². The van der Waals surface area contributed by atoms with Crippen molar-refractivity contribution in [2.45, 2.75) is 40.7 Å². The molecule has 0 aliphatic heterocycles. The Morgan fingerprint density at radius 1 is 1.04 bits per heavy atom. The first-order valence-corrected chi connectivity index (χ1v) is 8.47. The van der Waals surface area contributed by atoms with Gasteiger partial charge in [-0.05, 0) is 62.1 Å². The summed E-state index contributed by atoms with van der Waals surface area (Å²) in [5.41, 5.74) is 4.18. The Morgan fingerprint density at radius 2 is 1.71 bits per heavy atom. The van der Waals surface area contributed by atoms with Crippen LogP contribution in [0.1, 0.15) is 53.9 Å². The van der Waals surface area contributed by atoms with Crippen molar-refractivity contribution >= 4 is 5.91 Å². The van der Waals surface area contributed by atoms with E-state index in [1.807, 2.05) is 19.1 Å². The fourth-order valence-corrected chi connectivity index (χ4v) is 2.55. The average molecular weight is 325 g/mol. The van der Waals surface area contributed by atoms with Gasteiger partial charge in [0.25, 0.3) is 5.91 Å². The van der Waals surface area contributed by atoms with E-state index in [1.54, 1.807) is 12.1 Å². The highest BCUT2D eigenvalue weighted by atomic mass is 16.5. The van der Waals surface area contributed by atoms with Crippen LogP contribution < -0.4 is 10.1 Å². The van der Waals surface area contributed by atoms with Crippen LogP contribution in [0.2, 0.25) is 0 Å². The number of nitrogens with one attached hydrogen (secondary N) is 1. The zero-order valence-corrected chi connectivity index (χ0v) is 15.2. The molecule has 0 heterocycles. The number of carbonyl (C=O) groups is 1. The van der Waals surface area contributed by atoms with E-state index in [-0.39, 0.29) is 11.9 Å². The second kappa shape index (κ2) is 8.00. The van der Waals surface area contributed by atoms with Crippen molar-refractivity contribution in [3.05, 3.63) is 64.7 Å². The molecule has 24 heavy (non-hydrogen) atoms. The Kier molecular flexibility index (Phi) is 6.02. The smallest absolute Gasteiger partial charge is 0.251 e. The van der Waals surface area contributed by atoms with Crippen molar-refractivity contribution in [3.8, 4) is 5.75 Å². The van der Waals surface area contributed by atoms with Crippen LogP contribution in [0.3, 0.4) is 0 Å². The highest BCUT2D eigenvalue weighted by molar-refractivity contribution is 5.94. The maximum atomic E-state index is 12.5. The number of rotatable bonds is 6. The first-order valence-electron chi connectivity index (χ1n) is 8.47.